The van der Waals surface area contributed by atoms with E-state index in [1.165, 1.54) is 41.5 Å². The van der Waals surface area contributed by atoms with Crippen LogP contribution in [0.4, 0.5) is 0 Å². The van der Waals surface area contributed by atoms with Gasteiger partial charge in [0.1, 0.15) is 0 Å². The van der Waals surface area contributed by atoms with Crippen LogP contribution in [0.1, 0.15) is 36.5 Å². The van der Waals surface area contributed by atoms with Gasteiger partial charge in [-0.15, -0.1) is 0 Å². The molecule has 16 heavy (non-hydrogen) atoms. The van der Waals surface area contributed by atoms with E-state index in [1.807, 2.05) is 0 Å². The maximum Gasteiger partial charge on any atom is -0.0152 e. The first-order chi connectivity index (χ1) is 7.75. The molecule has 1 aromatic rings. The minimum atomic E-state index is 0.731. The van der Waals surface area contributed by atoms with Gasteiger partial charge in [-0.1, -0.05) is 48.4 Å². The Morgan fingerprint density at radius 3 is 3.00 bits per heavy atom. The van der Waals surface area contributed by atoms with Crippen molar-refractivity contribution in [1.82, 2.24) is 0 Å². The highest BCUT2D eigenvalue weighted by atomic mass is 14.3. The number of allylic oxidation sites excluding steroid dienone is 4. The van der Waals surface area contributed by atoms with Crippen molar-refractivity contribution < 1.29 is 0 Å². The molecule has 1 atom stereocenters. The lowest BCUT2D eigenvalue weighted by molar-refractivity contribution is 0.631. The average molecular weight is 210 g/mol. The maximum atomic E-state index is 2.37. The third-order valence-electron chi connectivity index (χ3n) is 3.88. The highest BCUT2D eigenvalue weighted by Gasteiger charge is 2.23. The minimum absolute atomic E-state index is 0.731. The van der Waals surface area contributed by atoms with Crippen LogP contribution in [0.15, 0.2) is 35.9 Å². The largest absolute Gasteiger partial charge is 0.0836 e. The molecule has 0 aliphatic heterocycles. The molecule has 0 aromatic heterocycles. The summed E-state index contributed by atoms with van der Waals surface area (Å²) in [6.45, 7) is 4.56. The minimum Gasteiger partial charge on any atom is -0.0836 e. The predicted molar refractivity (Wildman–Crippen MR) is 69.3 cm³/mol. The van der Waals surface area contributed by atoms with Crippen LogP contribution >= 0.6 is 0 Å². The Morgan fingerprint density at radius 1 is 1.25 bits per heavy atom. The molecule has 0 bridgehead atoms. The molecule has 2 aliphatic carbocycles. The van der Waals surface area contributed by atoms with Gasteiger partial charge in [0.05, 0.1) is 0 Å². The van der Waals surface area contributed by atoms with Gasteiger partial charge < -0.3 is 0 Å². The van der Waals surface area contributed by atoms with Crippen LogP contribution in [-0.2, 0) is 6.42 Å². The summed E-state index contributed by atoms with van der Waals surface area (Å²) in [6, 6.07) is 6.90. The summed E-state index contributed by atoms with van der Waals surface area (Å²) >= 11 is 0. The van der Waals surface area contributed by atoms with Gasteiger partial charge in [-0.2, -0.15) is 0 Å². The first-order valence-electron chi connectivity index (χ1n) is 6.25. The predicted octanol–water partition coefficient (Wildman–Crippen LogP) is 4.29. The SMILES string of the molecule is Cc1ccc2c(c1)CC(C)C1=C2C=CCC1. The van der Waals surface area contributed by atoms with E-state index in [1.54, 1.807) is 5.57 Å². The Balaban J connectivity index is 2.20. The van der Waals surface area contributed by atoms with Crippen LogP contribution in [0.3, 0.4) is 0 Å². The van der Waals surface area contributed by atoms with Crippen molar-refractivity contribution in [2.24, 2.45) is 5.92 Å². The van der Waals surface area contributed by atoms with Gasteiger partial charge in [-0.25, -0.2) is 0 Å². The molecule has 0 nitrogen and oxygen atoms in total. The molecule has 0 fully saturated rings. The third-order valence-corrected chi connectivity index (χ3v) is 3.88. The van der Waals surface area contributed by atoms with Gasteiger partial charge in [0.15, 0.2) is 0 Å². The Kier molecular flexibility index (Phi) is 2.24. The van der Waals surface area contributed by atoms with Crippen molar-refractivity contribution in [1.29, 1.82) is 0 Å². The Labute approximate surface area is 97.7 Å². The number of fused-ring (bicyclic) bond motifs is 2. The summed E-state index contributed by atoms with van der Waals surface area (Å²) in [5.41, 5.74) is 7.60. The summed E-state index contributed by atoms with van der Waals surface area (Å²) in [5, 5.41) is 0. The van der Waals surface area contributed by atoms with E-state index in [2.05, 4.69) is 44.2 Å². The van der Waals surface area contributed by atoms with E-state index in [9.17, 15) is 0 Å². The van der Waals surface area contributed by atoms with Crippen LogP contribution in [0.2, 0.25) is 0 Å². The maximum absolute atomic E-state index is 2.37. The van der Waals surface area contributed by atoms with Crippen LogP contribution in [0.25, 0.3) is 5.57 Å². The molecule has 0 heteroatoms. The lowest BCUT2D eigenvalue weighted by atomic mass is 9.75. The van der Waals surface area contributed by atoms with E-state index in [-0.39, 0.29) is 0 Å². The van der Waals surface area contributed by atoms with E-state index in [0.29, 0.717) is 0 Å². The van der Waals surface area contributed by atoms with Crippen molar-refractivity contribution in [2.45, 2.75) is 33.1 Å². The molecule has 2 aliphatic rings. The molecule has 0 radical (unpaired) electrons. The van der Waals surface area contributed by atoms with E-state index < -0.39 is 0 Å². The number of rotatable bonds is 0. The van der Waals surface area contributed by atoms with Gasteiger partial charge in [0, 0.05) is 0 Å². The molecule has 1 aromatic carbocycles. The quantitative estimate of drug-likeness (QED) is 0.599. The fourth-order valence-corrected chi connectivity index (χ4v) is 3.06. The summed E-state index contributed by atoms with van der Waals surface area (Å²) in [5.74, 6) is 0.731. The fourth-order valence-electron chi connectivity index (χ4n) is 3.06. The summed E-state index contributed by atoms with van der Waals surface area (Å²) < 4.78 is 0. The van der Waals surface area contributed by atoms with E-state index >= 15 is 0 Å². The molecule has 0 saturated heterocycles. The van der Waals surface area contributed by atoms with Gasteiger partial charge in [-0.3, -0.25) is 0 Å². The number of benzene rings is 1. The van der Waals surface area contributed by atoms with Crippen LogP contribution in [0, 0.1) is 12.8 Å². The normalized spacial score (nSPS) is 23.0. The zero-order chi connectivity index (χ0) is 11.1. The molecule has 0 heterocycles. The Hall–Kier alpha value is -1.30. The topological polar surface area (TPSA) is 0 Å². The second kappa shape index (κ2) is 3.62. The van der Waals surface area contributed by atoms with Crippen molar-refractivity contribution >= 4 is 5.57 Å². The number of hydrogen-bond donors (Lipinski definition) is 0. The standard InChI is InChI=1S/C16H18/c1-11-7-8-15-13(9-11)10-12(2)14-5-3-4-6-16(14)15/h4,6-9,12H,3,5,10H2,1-2H3. The monoisotopic (exact) mass is 210 g/mol. The zero-order valence-electron chi connectivity index (χ0n) is 10.1. The third kappa shape index (κ3) is 1.44. The summed E-state index contributed by atoms with van der Waals surface area (Å²) in [7, 11) is 0. The molecular weight excluding hydrogens is 192 g/mol. The van der Waals surface area contributed by atoms with Gasteiger partial charge in [0.25, 0.3) is 0 Å². The highest BCUT2D eigenvalue weighted by molar-refractivity contribution is 5.81. The Bertz CT molecular complexity index is 489. The summed E-state index contributed by atoms with van der Waals surface area (Å²) in [6.07, 6.45) is 8.37. The van der Waals surface area contributed by atoms with Crippen LogP contribution in [0.5, 0.6) is 0 Å². The van der Waals surface area contributed by atoms with Crippen molar-refractivity contribution in [3.05, 3.63) is 52.6 Å². The van der Waals surface area contributed by atoms with Gasteiger partial charge in [0.2, 0.25) is 0 Å². The molecule has 82 valence electrons. The first kappa shape index (κ1) is 9.89. The smallest absolute Gasteiger partial charge is 0.0152 e. The lowest BCUT2D eigenvalue weighted by Gasteiger charge is -2.29. The first-order valence-corrected chi connectivity index (χ1v) is 6.25. The van der Waals surface area contributed by atoms with Crippen molar-refractivity contribution in [3.63, 3.8) is 0 Å². The number of aryl methyl sites for hydroxylation is 1. The molecule has 1 unspecified atom stereocenters. The molecular formula is C16H18. The second-order valence-electron chi connectivity index (χ2n) is 5.15. The second-order valence-corrected chi connectivity index (χ2v) is 5.15. The highest BCUT2D eigenvalue weighted by Crippen LogP contribution is 2.40. The number of hydrogen-bond acceptors (Lipinski definition) is 0. The zero-order valence-corrected chi connectivity index (χ0v) is 10.1. The lowest BCUT2D eigenvalue weighted by Crippen LogP contribution is -2.15. The molecule has 0 amide bonds. The van der Waals surface area contributed by atoms with E-state index in [0.717, 1.165) is 5.92 Å². The molecule has 0 spiro atoms. The van der Waals surface area contributed by atoms with Crippen molar-refractivity contribution in [3.8, 4) is 0 Å². The van der Waals surface area contributed by atoms with Gasteiger partial charge in [-0.05, 0) is 48.8 Å². The van der Waals surface area contributed by atoms with E-state index in [4.69, 9.17) is 0 Å². The fraction of sp³-hybridized carbons (Fsp3) is 0.375. The van der Waals surface area contributed by atoms with Gasteiger partial charge >= 0.3 is 0 Å². The molecule has 0 saturated carbocycles. The average Bonchev–Trinajstić information content (AvgIpc) is 2.29. The summed E-state index contributed by atoms with van der Waals surface area (Å²) in [4.78, 5) is 0. The molecule has 0 N–H and O–H groups in total. The van der Waals surface area contributed by atoms with Crippen LogP contribution in [-0.4, -0.2) is 0 Å². The Morgan fingerprint density at radius 2 is 2.12 bits per heavy atom. The van der Waals surface area contributed by atoms with Crippen LogP contribution < -0.4 is 0 Å². The molecule has 3 rings (SSSR count). The van der Waals surface area contributed by atoms with Crippen molar-refractivity contribution in [2.75, 3.05) is 0 Å².